The molecule has 3 rings (SSSR count). The van der Waals surface area contributed by atoms with Crippen molar-refractivity contribution in [3.05, 3.63) is 43.0 Å². The third-order valence-electron chi connectivity index (χ3n) is 3.63. The van der Waals surface area contributed by atoms with Gasteiger partial charge in [0.15, 0.2) is 0 Å². The van der Waals surface area contributed by atoms with E-state index in [1.807, 2.05) is 23.0 Å². The van der Waals surface area contributed by atoms with Crippen LogP contribution in [0, 0.1) is 0 Å². The predicted molar refractivity (Wildman–Crippen MR) is 94.9 cm³/mol. The summed E-state index contributed by atoms with van der Waals surface area (Å²) in [5.41, 5.74) is 2.88. The summed E-state index contributed by atoms with van der Waals surface area (Å²) in [6.07, 6.45) is 7.17. The first-order valence-corrected chi connectivity index (χ1v) is 11.5. The summed E-state index contributed by atoms with van der Waals surface area (Å²) < 4.78 is 7.61. The quantitative estimate of drug-likeness (QED) is 0.510. The van der Waals surface area contributed by atoms with Gasteiger partial charge in [0.05, 0.1) is 17.4 Å². The van der Waals surface area contributed by atoms with Gasteiger partial charge in [0, 0.05) is 44.2 Å². The maximum Gasteiger partial charge on any atom is 0.139 e. The van der Waals surface area contributed by atoms with Gasteiger partial charge in [-0.25, -0.2) is 4.68 Å². The van der Waals surface area contributed by atoms with Gasteiger partial charge < -0.3 is 4.74 Å². The smallest absolute Gasteiger partial charge is 0.139 e. The van der Waals surface area contributed by atoms with Crippen LogP contribution in [0.2, 0.25) is 25.7 Å². The third kappa shape index (κ3) is 4.24. The highest BCUT2D eigenvalue weighted by Gasteiger charge is 2.12. The Kier molecular flexibility index (Phi) is 4.54. The second-order valence-electron chi connectivity index (χ2n) is 6.88. The Bertz CT molecular complexity index is 780. The lowest BCUT2D eigenvalue weighted by molar-refractivity contribution is 0.0791. The Labute approximate surface area is 137 Å². The topological polar surface area (TPSA) is 52.8 Å². The summed E-state index contributed by atoms with van der Waals surface area (Å²) >= 11 is 0. The fourth-order valence-electron chi connectivity index (χ4n) is 2.29. The van der Waals surface area contributed by atoms with Gasteiger partial charge in [-0.15, -0.1) is 0 Å². The van der Waals surface area contributed by atoms with Gasteiger partial charge in [0.25, 0.3) is 0 Å². The molecule has 1 aromatic carbocycles. The van der Waals surface area contributed by atoms with Crippen LogP contribution in [0.5, 0.6) is 0 Å². The summed E-state index contributed by atoms with van der Waals surface area (Å²) in [6, 6.07) is 7.29. The minimum atomic E-state index is -1.04. The van der Waals surface area contributed by atoms with Crippen molar-refractivity contribution >= 4 is 19.0 Å². The summed E-state index contributed by atoms with van der Waals surface area (Å²) in [7, 11) is -1.04. The number of ether oxygens (including phenoxy) is 1. The number of hydrogen-bond acceptors (Lipinski definition) is 4. The average molecular weight is 326 g/mol. The Morgan fingerprint density at radius 1 is 1.17 bits per heavy atom. The second kappa shape index (κ2) is 6.60. The minimum absolute atomic E-state index is 0.500. The molecule has 0 fully saturated rings. The molecule has 0 amide bonds. The van der Waals surface area contributed by atoms with Crippen molar-refractivity contribution in [2.45, 2.75) is 32.4 Å². The Morgan fingerprint density at radius 2 is 2.04 bits per heavy atom. The largest absolute Gasteiger partial charge is 0.360 e. The summed E-state index contributed by atoms with van der Waals surface area (Å²) in [5.74, 6) is 0. The molecule has 0 radical (unpaired) electrons. The van der Waals surface area contributed by atoms with Crippen LogP contribution < -0.4 is 0 Å². The SMILES string of the molecule is C[Si](C)(C)CCOCn1cc2cc(-c3cnccn3)ccc2n1. The van der Waals surface area contributed by atoms with Crippen molar-refractivity contribution in [2.75, 3.05) is 6.61 Å². The van der Waals surface area contributed by atoms with Gasteiger partial charge in [-0.3, -0.25) is 9.97 Å². The molecule has 2 heterocycles. The molecule has 0 spiro atoms. The first-order chi connectivity index (χ1) is 11.0. The normalized spacial score (nSPS) is 12.0. The van der Waals surface area contributed by atoms with Crippen LogP contribution in [-0.4, -0.2) is 34.4 Å². The Hall–Kier alpha value is -2.05. The Morgan fingerprint density at radius 3 is 2.78 bits per heavy atom. The highest BCUT2D eigenvalue weighted by molar-refractivity contribution is 6.76. The first-order valence-electron chi connectivity index (χ1n) is 7.83. The van der Waals surface area contributed by atoms with Gasteiger partial charge in [-0.05, 0) is 18.2 Å². The number of nitrogens with zero attached hydrogens (tertiary/aromatic N) is 4. The van der Waals surface area contributed by atoms with Crippen molar-refractivity contribution < 1.29 is 4.74 Å². The number of aromatic nitrogens is 4. The lowest BCUT2D eigenvalue weighted by Gasteiger charge is -2.15. The first kappa shape index (κ1) is 15.8. The summed E-state index contributed by atoms with van der Waals surface area (Å²) in [6.45, 7) is 8.36. The van der Waals surface area contributed by atoms with Gasteiger partial charge in [-0.2, -0.15) is 5.10 Å². The summed E-state index contributed by atoms with van der Waals surface area (Å²) in [4.78, 5) is 8.45. The maximum atomic E-state index is 5.75. The summed E-state index contributed by atoms with van der Waals surface area (Å²) in [5, 5.41) is 5.63. The molecule has 0 atom stereocenters. The van der Waals surface area contributed by atoms with Crippen LogP contribution >= 0.6 is 0 Å². The third-order valence-corrected chi connectivity index (χ3v) is 5.33. The molecule has 0 aliphatic carbocycles. The highest BCUT2D eigenvalue weighted by atomic mass is 28.3. The van der Waals surface area contributed by atoms with Crippen molar-refractivity contribution in [2.24, 2.45) is 0 Å². The molecule has 6 heteroatoms. The molecular formula is C17H22N4OSi. The molecule has 23 heavy (non-hydrogen) atoms. The molecule has 0 bridgehead atoms. The molecule has 2 aromatic heterocycles. The van der Waals surface area contributed by atoms with E-state index in [1.54, 1.807) is 18.6 Å². The molecular weight excluding hydrogens is 304 g/mol. The average Bonchev–Trinajstić information content (AvgIpc) is 2.93. The minimum Gasteiger partial charge on any atom is -0.360 e. The van der Waals surface area contributed by atoms with Crippen molar-refractivity contribution in [1.82, 2.24) is 19.7 Å². The van der Waals surface area contributed by atoms with E-state index in [0.717, 1.165) is 28.8 Å². The maximum absolute atomic E-state index is 5.75. The zero-order valence-electron chi connectivity index (χ0n) is 13.9. The van der Waals surface area contributed by atoms with E-state index in [4.69, 9.17) is 4.74 Å². The molecule has 120 valence electrons. The number of rotatable bonds is 6. The van der Waals surface area contributed by atoms with E-state index >= 15 is 0 Å². The highest BCUT2D eigenvalue weighted by Crippen LogP contribution is 2.21. The lowest BCUT2D eigenvalue weighted by atomic mass is 10.1. The van der Waals surface area contributed by atoms with Crippen LogP contribution in [0.3, 0.4) is 0 Å². The molecule has 5 nitrogen and oxygen atoms in total. The molecule has 0 unspecified atom stereocenters. The van der Waals surface area contributed by atoms with E-state index in [2.05, 4.69) is 40.8 Å². The molecule has 0 aliphatic rings. The molecule has 3 aromatic rings. The van der Waals surface area contributed by atoms with Crippen LogP contribution in [0.15, 0.2) is 43.0 Å². The van der Waals surface area contributed by atoms with Crippen molar-refractivity contribution in [3.8, 4) is 11.3 Å². The second-order valence-corrected chi connectivity index (χ2v) is 12.5. The van der Waals surface area contributed by atoms with E-state index in [0.29, 0.717) is 6.73 Å². The number of benzene rings is 1. The number of fused-ring (bicyclic) bond motifs is 1. The fraction of sp³-hybridized carbons (Fsp3) is 0.353. The van der Waals surface area contributed by atoms with E-state index < -0.39 is 8.07 Å². The van der Waals surface area contributed by atoms with E-state index in [-0.39, 0.29) is 0 Å². The van der Waals surface area contributed by atoms with Gasteiger partial charge in [-0.1, -0.05) is 25.7 Å². The molecule has 0 N–H and O–H groups in total. The predicted octanol–water partition coefficient (Wildman–Crippen LogP) is 3.81. The van der Waals surface area contributed by atoms with Crippen molar-refractivity contribution in [1.29, 1.82) is 0 Å². The monoisotopic (exact) mass is 326 g/mol. The number of hydrogen-bond donors (Lipinski definition) is 0. The molecule has 0 saturated heterocycles. The van der Waals surface area contributed by atoms with Crippen molar-refractivity contribution in [3.63, 3.8) is 0 Å². The van der Waals surface area contributed by atoms with Crippen LogP contribution in [0.25, 0.3) is 22.2 Å². The standard InChI is InChI=1S/C17H22N4OSi/c1-23(2,3)9-8-22-13-21-12-15-10-14(4-5-16(15)20-21)17-11-18-6-7-19-17/h4-7,10-12H,8-9,13H2,1-3H3. The van der Waals surface area contributed by atoms with Gasteiger partial charge in [0.2, 0.25) is 0 Å². The van der Waals surface area contributed by atoms with Gasteiger partial charge in [0.1, 0.15) is 6.73 Å². The van der Waals surface area contributed by atoms with Crippen LogP contribution in [0.4, 0.5) is 0 Å². The zero-order valence-corrected chi connectivity index (χ0v) is 14.9. The lowest BCUT2D eigenvalue weighted by Crippen LogP contribution is -2.22. The van der Waals surface area contributed by atoms with E-state index in [9.17, 15) is 0 Å². The zero-order chi connectivity index (χ0) is 16.3. The Balaban J connectivity index is 1.70. The van der Waals surface area contributed by atoms with Gasteiger partial charge >= 0.3 is 0 Å². The molecule has 0 aliphatic heterocycles. The van der Waals surface area contributed by atoms with Crippen LogP contribution in [-0.2, 0) is 11.5 Å². The van der Waals surface area contributed by atoms with E-state index in [1.165, 1.54) is 6.04 Å². The molecule has 0 saturated carbocycles. The fourth-order valence-corrected chi connectivity index (χ4v) is 3.04. The van der Waals surface area contributed by atoms with Crippen LogP contribution in [0.1, 0.15) is 0 Å².